The minimum Gasteiger partial charge on any atom is -0.485 e. The number of aryl methyl sites for hydroxylation is 2. The van der Waals surface area contributed by atoms with Crippen molar-refractivity contribution in [2.75, 3.05) is 13.2 Å². The number of H-pyrrole nitrogens is 1. The lowest BCUT2D eigenvalue weighted by molar-refractivity contribution is -0.119. The second kappa shape index (κ2) is 7.66. The maximum absolute atomic E-state index is 12.0. The maximum atomic E-state index is 12.0. The first kappa shape index (κ1) is 17.4. The van der Waals surface area contributed by atoms with Crippen LogP contribution in [-0.4, -0.2) is 30.1 Å². The molecule has 0 saturated heterocycles. The van der Waals surface area contributed by atoms with Gasteiger partial charge >= 0.3 is 0 Å². The molecule has 0 spiro atoms. The molecule has 0 bridgehead atoms. The lowest BCUT2D eigenvalue weighted by Gasteiger charge is -2.11. The number of ketones is 1. The number of halogens is 1. The monoisotopic (exact) mass is 398 g/mol. The summed E-state index contributed by atoms with van der Waals surface area (Å²) in [6.45, 7) is 4.06. The highest BCUT2D eigenvalue weighted by molar-refractivity contribution is 9.10. The van der Waals surface area contributed by atoms with E-state index in [4.69, 9.17) is 4.74 Å². The molecular weight excluding hydrogens is 380 g/mol. The number of aromatic nitrogens is 1. The van der Waals surface area contributed by atoms with Gasteiger partial charge in [0.05, 0.1) is 0 Å². The van der Waals surface area contributed by atoms with Gasteiger partial charge in [0.15, 0.2) is 5.78 Å². The second-order valence-electron chi connectivity index (χ2n) is 5.99. The molecule has 2 aromatic carbocycles. The van der Waals surface area contributed by atoms with Crippen LogP contribution in [0.2, 0.25) is 0 Å². The molecule has 1 aromatic heterocycles. The molecule has 3 rings (SSSR count). The van der Waals surface area contributed by atoms with E-state index in [-0.39, 0.29) is 18.9 Å². The van der Waals surface area contributed by atoms with Gasteiger partial charge in [0.2, 0.25) is 0 Å². The van der Waals surface area contributed by atoms with E-state index in [9.17, 15) is 4.79 Å². The number of carbonyl (C=O) groups excluding carboxylic acids is 1. The molecule has 0 fully saturated rings. The van der Waals surface area contributed by atoms with Gasteiger partial charge in [-0.05, 0) is 60.2 Å². The summed E-state index contributed by atoms with van der Waals surface area (Å²) in [7, 11) is 0. The zero-order valence-electron chi connectivity index (χ0n) is 14.2. The molecule has 0 amide bonds. The summed E-state index contributed by atoms with van der Waals surface area (Å²) in [4.78, 5) is 19.4. The van der Waals surface area contributed by atoms with Crippen molar-refractivity contribution in [2.45, 2.75) is 13.8 Å². The number of rotatable bonds is 6. The number of aromatic amines is 1. The number of fused-ring (bicyclic) bond motifs is 1. The quantitative estimate of drug-likeness (QED) is 0.616. The molecule has 1 N–H and O–H groups in total. The Morgan fingerprint density at radius 1 is 1.20 bits per heavy atom. The molecule has 0 radical (unpaired) electrons. The Morgan fingerprint density at radius 3 is 2.72 bits per heavy atom. The van der Waals surface area contributed by atoms with E-state index in [0.717, 1.165) is 37.8 Å². The van der Waals surface area contributed by atoms with E-state index in [1.54, 1.807) is 6.21 Å². The maximum Gasteiger partial charge on any atom is 0.191 e. The van der Waals surface area contributed by atoms with E-state index >= 15 is 0 Å². The van der Waals surface area contributed by atoms with Crippen LogP contribution >= 0.6 is 15.9 Å². The van der Waals surface area contributed by atoms with Crippen LogP contribution in [0.3, 0.4) is 0 Å². The Labute approximate surface area is 155 Å². The number of benzene rings is 2. The highest BCUT2D eigenvalue weighted by Gasteiger charge is 2.08. The van der Waals surface area contributed by atoms with E-state index in [2.05, 4.69) is 25.9 Å². The van der Waals surface area contributed by atoms with Gasteiger partial charge in [0.1, 0.15) is 18.9 Å². The molecule has 4 nitrogen and oxygen atoms in total. The van der Waals surface area contributed by atoms with Gasteiger partial charge in [-0.3, -0.25) is 9.79 Å². The Bertz CT molecular complexity index is 921. The summed E-state index contributed by atoms with van der Waals surface area (Å²) in [5.41, 5.74) is 4.02. The molecular formula is C20H19BrN2O2. The van der Waals surface area contributed by atoms with Gasteiger partial charge in [-0.25, -0.2) is 0 Å². The number of aliphatic imine (C=N–C) groups is 1. The highest BCUT2D eigenvalue weighted by Crippen LogP contribution is 2.27. The SMILES string of the molecule is Cc1cc(Br)cc(C)c1OCC(=O)CN=Cc1ccc2cc[nH]c2c1. The second-order valence-corrected chi connectivity index (χ2v) is 6.91. The number of ether oxygens (including phenoxy) is 1. The van der Waals surface area contributed by atoms with Crippen molar-refractivity contribution in [3.8, 4) is 5.75 Å². The van der Waals surface area contributed by atoms with Crippen LogP contribution < -0.4 is 4.74 Å². The van der Waals surface area contributed by atoms with Crippen molar-refractivity contribution < 1.29 is 9.53 Å². The molecule has 128 valence electrons. The molecule has 0 aliphatic rings. The van der Waals surface area contributed by atoms with E-state index in [1.807, 2.05) is 56.4 Å². The van der Waals surface area contributed by atoms with Crippen LogP contribution in [0.25, 0.3) is 10.9 Å². The predicted octanol–water partition coefficient (Wildman–Crippen LogP) is 4.61. The summed E-state index contributed by atoms with van der Waals surface area (Å²) in [5, 5.41) is 1.15. The first-order chi connectivity index (χ1) is 12.0. The Kier molecular flexibility index (Phi) is 5.34. The summed E-state index contributed by atoms with van der Waals surface area (Å²) in [6.07, 6.45) is 3.62. The smallest absolute Gasteiger partial charge is 0.191 e. The first-order valence-corrected chi connectivity index (χ1v) is 8.80. The average Bonchev–Trinajstić information content (AvgIpc) is 3.01. The fraction of sp³-hybridized carbons (Fsp3) is 0.200. The highest BCUT2D eigenvalue weighted by atomic mass is 79.9. The predicted molar refractivity (Wildman–Crippen MR) is 105 cm³/mol. The zero-order valence-corrected chi connectivity index (χ0v) is 15.8. The number of nitrogens with one attached hydrogen (secondary N) is 1. The average molecular weight is 399 g/mol. The van der Waals surface area contributed by atoms with Crippen LogP contribution in [0, 0.1) is 13.8 Å². The molecule has 3 aromatic rings. The molecule has 0 aliphatic heterocycles. The fourth-order valence-corrected chi connectivity index (χ4v) is 3.41. The van der Waals surface area contributed by atoms with Crippen molar-refractivity contribution in [3.05, 3.63) is 63.8 Å². The van der Waals surface area contributed by atoms with Gasteiger partial charge in [-0.2, -0.15) is 0 Å². The van der Waals surface area contributed by atoms with Crippen LogP contribution in [0.4, 0.5) is 0 Å². The minimum absolute atomic E-state index is 0.0241. The van der Waals surface area contributed by atoms with Gasteiger partial charge in [-0.1, -0.05) is 28.1 Å². The summed E-state index contributed by atoms with van der Waals surface area (Å²) < 4.78 is 6.69. The lowest BCUT2D eigenvalue weighted by atomic mass is 10.1. The van der Waals surface area contributed by atoms with Crippen LogP contribution in [0.1, 0.15) is 16.7 Å². The number of nitrogens with zero attached hydrogens (tertiary/aromatic N) is 1. The van der Waals surface area contributed by atoms with Crippen LogP contribution in [0.5, 0.6) is 5.75 Å². The molecule has 5 heteroatoms. The Hall–Kier alpha value is -2.40. The number of hydrogen-bond donors (Lipinski definition) is 1. The Morgan fingerprint density at radius 2 is 1.96 bits per heavy atom. The lowest BCUT2D eigenvalue weighted by Crippen LogP contribution is -2.15. The first-order valence-electron chi connectivity index (χ1n) is 8.01. The van der Waals surface area contributed by atoms with Crippen molar-refractivity contribution in [1.82, 2.24) is 4.98 Å². The van der Waals surface area contributed by atoms with E-state index in [1.165, 1.54) is 0 Å². The van der Waals surface area contributed by atoms with Gasteiger partial charge in [0.25, 0.3) is 0 Å². The third kappa shape index (κ3) is 4.37. The molecule has 0 aliphatic carbocycles. The zero-order chi connectivity index (χ0) is 17.8. The Balaban J connectivity index is 1.56. The summed E-state index contributed by atoms with van der Waals surface area (Å²) in [6, 6.07) is 12.0. The van der Waals surface area contributed by atoms with Crippen molar-refractivity contribution >= 4 is 38.8 Å². The number of hydrogen-bond acceptors (Lipinski definition) is 3. The third-order valence-corrected chi connectivity index (χ3v) is 4.35. The minimum atomic E-state index is -0.0566. The van der Waals surface area contributed by atoms with Crippen molar-refractivity contribution in [1.29, 1.82) is 0 Å². The standard InChI is InChI=1S/C20H19BrN2O2/c1-13-7-17(21)8-14(2)20(13)25-12-18(24)11-22-10-15-3-4-16-5-6-23-19(16)9-15/h3-10,23H,11-12H2,1-2H3. The van der Waals surface area contributed by atoms with Gasteiger partial charge in [-0.15, -0.1) is 0 Å². The van der Waals surface area contributed by atoms with Gasteiger partial charge in [0, 0.05) is 22.4 Å². The molecule has 25 heavy (non-hydrogen) atoms. The normalized spacial score (nSPS) is 11.3. The topological polar surface area (TPSA) is 54.4 Å². The molecule has 1 heterocycles. The molecule has 0 atom stereocenters. The number of Topliss-reactive ketones (excluding diaryl/α,β-unsaturated/α-hetero) is 1. The van der Waals surface area contributed by atoms with Crippen molar-refractivity contribution in [2.24, 2.45) is 4.99 Å². The van der Waals surface area contributed by atoms with E-state index in [0.29, 0.717) is 0 Å². The van der Waals surface area contributed by atoms with Gasteiger partial charge < -0.3 is 9.72 Å². The largest absolute Gasteiger partial charge is 0.485 e. The van der Waals surface area contributed by atoms with Crippen LogP contribution in [-0.2, 0) is 4.79 Å². The molecule has 0 saturated carbocycles. The third-order valence-electron chi connectivity index (χ3n) is 3.89. The van der Waals surface area contributed by atoms with Crippen molar-refractivity contribution in [3.63, 3.8) is 0 Å². The number of carbonyl (C=O) groups is 1. The molecule has 0 unspecified atom stereocenters. The summed E-state index contributed by atoms with van der Waals surface area (Å²) in [5.74, 6) is 0.705. The van der Waals surface area contributed by atoms with E-state index < -0.39 is 0 Å². The fourth-order valence-electron chi connectivity index (χ4n) is 2.72. The van der Waals surface area contributed by atoms with Crippen LogP contribution in [0.15, 0.2) is 52.1 Å². The summed E-state index contributed by atoms with van der Waals surface area (Å²) >= 11 is 3.45.